The summed E-state index contributed by atoms with van der Waals surface area (Å²) in [5.41, 5.74) is 4.99. The van der Waals surface area contributed by atoms with Crippen LogP contribution < -0.4 is 10.5 Å². The fraction of sp³-hybridized carbons (Fsp3) is 0.0833. The summed E-state index contributed by atoms with van der Waals surface area (Å²) in [4.78, 5) is 21.1. The Morgan fingerprint density at radius 1 is 1.22 bits per heavy atom. The van der Waals surface area contributed by atoms with Gasteiger partial charge in [-0.05, 0) is 12.1 Å². The number of nitro benzene ring substituents is 1. The van der Waals surface area contributed by atoms with E-state index in [4.69, 9.17) is 10.5 Å². The van der Waals surface area contributed by atoms with Gasteiger partial charge in [-0.2, -0.15) is 0 Å². The molecule has 0 heterocycles. The van der Waals surface area contributed by atoms with Gasteiger partial charge in [0.2, 0.25) is 0 Å². The maximum Gasteiger partial charge on any atom is 0.277 e. The SMILES string of the molecule is NC(=O)COc1ccc([N+](=O)[O-])c2ccccc12. The van der Waals surface area contributed by atoms with Crippen LogP contribution in [0.15, 0.2) is 36.4 Å². The fourth-order valence-corrected chi connectivity index (χ4v) is 1.69. The summed E-state index contributed by atoms with van der Waals surface area (Å²) in [7, 11) is 0. The Kier molecular flexibility index (Phi) is 3.09. The first-order chi connectivity index (χ1) is 8.59. The van der Waals surface area contributed by atoms with Gasteiger partial charge in [-0.3, -0.25) is 14.9 Å². The van der Waals surface area contributed by atoms with Gasteiger partial charge in [-0.15, -0.1) is 0 Å². The number of amides is 1. The van der Waals surface area contributed by atoms with Crippen molar-refractivity contribution in [3.63, 3.8) is 0 Å². The van der Waals surface area contributed by atoms with Crippen LogP contribution in [0, 0.1) is 10.1 Å². The number of nitrogens with two attached hydrogens (primary N) is 1. The minimum Gasteiger partial charge on any atom is -0.483 e. The second-order valence-corrected chi connectivity index (χ2v) is 3.64. The van der Waals surface area contributed by atoms with Crippen LogP contribution in [0.4, 0.5) is 5.69 Å². The van der Waals surface area contributed by atoms with Crippen LogP contribution in [0.25, 0.3) is 10.8 Å². The lowest BCUT2D eigenvalue weighted by molar-refractivity contribution is -0.383. The van der Waals surface area contributed by atoms with Crippen LogP contribution in [0.1, 0.15) is 0 Å². The third-order valence-electron chi connectivity index (χ3n) is 2.43. The Morgan fingerprint density at radius 3 is 2.50 bits per heavy atom. The van der Waals surface area contributed by atoms with Crippen molar-refractivity contribution in [2.24, 2.45) is 5.73 Å². The maximum absolute atomic E-state index is 10.9. The third-order valence-corrected chi connectivity index (χ3v) is 2.43. The molecule has 0 aliphatic carbocycles. The average molecular weight is 246 g/mol. The molecule has 2 rings (SSSR count). The van der Waals surface area contributed by atoms with E-state index in [-0.39, 0.29) is 12.3 Å². The predicted molar refractivity (Wildman–Crippen MR) is 65.3 cm³/mol. The molecule has 1 amide bonds. The van der Waals surface area contributed by atoms with E-state index in [2.05, 4.69) is 0 Å². The molecule has 2 N–H and O–H groups in total. The van der Waals surface area contributed by atoms with Gasteiger partial charge < -0.3 is 10.5 Å². The normalized spacial score (nSPS) is 10.2. The Labute approximate surface area is 102 Å². The Hall–Kier alpha value is -2.63. The Balaban J connectivity index is 2.53. The number of carbonyl (C=O) groups is 1. The largest absolute Gasteiger partial charge is 0.483 e. The smallest absolute Gasteiger partial charge is 0.277 e. The zero-order valence-electron chi connectivity index (χ0n) is 9.33. The number of benzene rings is 2. The molecule has 0 saturated carbocycles. The number of nitro groups is 1. The summed E-state index contributed by atoms with van der Waals surface area (Å²) >= 11 is 0. The van der Waals surface area contributed by atoms with Crippen molar-refractivity contribution in [1.29, 1.82) is 0 Å². The summed E-state index contributed by atoms with van der Waals surface area (Å²) in [6, 6.07) is 9.57. The van der Waals surface area contributed by atoms with Crippen LogP contribution in [0.3, 0.4) is 0 Å². The van der Waals surface area contributed by atoms with Gasteiger partial charge in [0, 0.05) is 11.5 Å². The van der Waals surface area contributed by atoms with E-state index in [1.165, 1.54) is 12.1 Å². The first kappa shape index (κ1) is 11.8. The second kappa shape index (κ2) is 4.70. The van der Waals surface area contributed by atoms with Crippen LogP contribution in [0.5, 0.6) is 5.75 Å². The highest BCUT2D eigenvalue weighted by atomic mass is 16.6. The highest BCUT2D eigenvalue weighted by Gasteiger charge is 2.14. The molecule has 0 saturated heterocycles. The van der Waals surface area contributed by atoms with Crippen molar-refractivity contribution >= 4 is 22.4 Å². The van der Waals surface area contributed by atoms with Gasteiger partial charge in [0.05, 0.1) is 10.3 Å². The summed E-state index contributed by atoms with van der Waals surface area (Å²) in [5.74, 6) is -0.201. The van der Waals surface area contributed by atoms with Crippen LogP contribution >= 0.6 is 0 Å². The van der Waals surface area contributed by atoms with Gasteiger partial charge in [0.1, 0.15) is 5.75 Å². The number of carbonyl (C=O) groups excluding carboxylic acids is 1. The molecule has 0 aliphatic rings. The molecule has 6 nitrogen and oxygen atoms in total. The molecule has 2 aromatic carbocycles. The van der Waals surface area contributed by atoms with E-state index in [1.54, 1.807) is 24.3 Å². The highest BCUT2D eigenvalue weighted by molar-refractivity contribution is 5.95. The molecule has 0 spiro atoms. The first-order valence-electron chi connectivity index (χ1n) is 5.17. The molecule has 0 unspecified atom stereocenters. The molecule has 2 aromatic rings. The van der Waals surface area contributed by atoms with Gasteiger partial charge in [-0.25, -0.2) is 0 Å². The molecular formula is C12H10N2O4. The number of primary amides is 1. The summed E-state index contributed by atoms with van der Waals surface area (Å²) in [6.07, 6.45) is 0. The van der Waals surface area contributed by atoms with Crippen LogP contribution in [-0.2, 0) is 4.79 Å². The van der Waals surface area contributed by atoms with Crippen molar-refractivity contribution < 1.29 is 14.5 Å². The van der Waals surface area contributed by atoms with E-state index >= 15 is 0 Å². The highest BCUT2D eigenvalue weighted by Crippen LogP contribution is 2.32. The molecule has 18 heavy (non-hydrogen) atoms. The van der Waals surface area contributed by atoms with Crippen molar-refractivity contribution in [3.8, 4) is 5.75 Å². The molecular weight excluding hydrogens is 236 g/mol. The van der Waals surface area contributed by atoms with E-state index in [9.17, 15) is 14.9 Å². The summed E-state index contributed by atoms with van der Waals surface area (Å²) in [5, 5.41) is 11.9. The quantitative estimate of drug-likeness (QED) is 0.654. The summed E-state index contributed by atoms with van der Waals surface area (Å²) < 4.78 is 5.22. The van der Waals surface area contributed by atoms with Crippen molar-refractivity contribution in [2.45, 2.75) is 0 Å². The molecule has 0 aromatic heterocycles. The predicted octanol–water partition coefficient (Wildman–Crippen LogP) is 1.61. The molecule has 0 aliphatic heterocycles. The zero-order valence-corrected chi connectivity index (χ0v) is 9.33. The topological polar surface area (TPSA) is 95.5 Å². The molecule has 0 atom stereocenters. The third kappa shape index (κ3) is 2.22. The molecule has 0 fully saturated rings. The minimum atomic E-state index is -0.600. The number of non-ortho nitro benzene ring substituents is 1. The van der Waals surface area contributed by atoms with Crippen LogP contribution in [-0.4, -0.2) is 17.4 Å². The van der Waals surface area contributed by atoms with E-state index in [0.717, 1.165) is 0 Å². The lowest BCUT2D eigenvalue weighted by atomic mass is 10.1. The van der Waals surface area contributed by atoms with Gasteiger partial charge in [-0.1, -0.05) is 18.2 Å². The number of nitrogens with zero attached hydrogens (tertiary/aromatic N) is 1. The number of rotatable bonds is 4. The Bertz CT molecular complexity index is 625. The van der Waals surface area contributed by atoms with E-state index in [0.29, 0.717) is 16.5 Å². The fourth-order valence-electron chi connectivity index (χ4n) is 1.69. The van der Waals surface area contributed by atoms with Crippen molar-refractivity contribution in [2.75, 3.05) is 6.61 Å². The second-order valence-electron chi connectivity index (χ2n) is 3.64. The first-order valence-corrected chi connectivity index (χ1v) is 5.17. The molecule has 6 heteroatoms. The average Bonchev–Trinajstić information content (AvgIpc) is 2.35. The monoisotopic (exact) mass is 246 g/mol. The van der Waals surface area contributed by atoms with Gasteiger partial charge >= 0.3 is 0 Å². The maximum atomic E-state index is 10.9. The molecule has 92 valence electrons. The van der Waals surface area contributed by atoms with Gasteiger partial charge in [0.25, 0.3) is 11.6 Å². The minimum absolute atomic E-state index is 0.00275. The molecule has 0 radical (unpaired) electrons. The lowest BCUT2D eigenvalue weighted by Crippen LogP contribution is -2.20. The van der Waals surface area contributed by atoms with E-state index in [1.807, 2.05) is 0 Å². The van der Waals surface area contributed by atoms with E-state index < -0.39 is 10.8 Å². The number of fused-ring (bicyclic) bond motifs is 1. The van der Waals surface area contributed by atoms with Crippen LogP contribution in [0.2, 0.25) is 0 Å². The number of ether oxygens (including phenoxy) is 1. The lowest BCUT2D eigenvalue weighted by Gasteiger charge is -2.07. The van der Waals surface area contributed by atoms with Gasteiger partial charge in [0.15, 0.2) is 6.61 Å². The summed E-state index contributed by atoms with van der Waals surface area (Å²) in [6.45, 7) is -0.262. The van der Waals surface area contributed by atoms with Crippen molar-refractivity contribution in [3.05, 3.63) is 46.5 Å². The zero-order chi connectivity index (χ0) is 13.1. The standard InChI is InChI=1S/C12H10N2O4/c13-12(15)7-18-11-6-5-10(14(16)17)8-3-1-2-4-9(8)11/h1-6H,7H2,(H2,13,15). The molecule has 0 bridgehead atoms. The number of hydrogen-bond acceptors (Lipinski definition) is 4. The van der Waals surface area contributed by atoms with Crippen molar-refractivity contribution in [1.82, 2.24) is 0 Å². The number of hydrogen-bond donors (Lipinski definition) is 1. The Morgan fingerprint density at radius 2 is 1.89 bits per heavy atom.